The highest BCUT2D eigenvalue weighted by Gasteiger charge is 2.18. The number of aliphatic carboxylic acids is 1. The van der Waals surface area contributed by atoms with Crippen molar-refractivity contribution in [3.05, 3.63) is 28.8 Å². The number of esters is 1. The van der Waals surface area contributed by atoms with Crippen LogP contribution in [0.1, 0.15) is 23.7 Å². The standard InChI is InChI=1S/C13H14ClNO5/c1-8(16)15(6-5-12(17)18)11-7-9(13(19)20-2)3-4-10(11)14/h3-4,7H,5-6H2,1-2H3,(H,17,18). The third-order valence-corrected chi connectivity index (χ3v) is 2.91. The number of carbonyl (C=O) groups excluding carboxylic acids is 2. The molecule has 0 aliphatic rings. The lowest BCUT2D eigenvalue weighted by Gasteiger charge is -2.22. The molecule has 1 rings (SSSR count). The minimum atomic E-state index is -1.03. The SMILES string of the molecule is COC(=O)c1ccc(Cl)c(N(CCC(=O)O)C(C)=O)c1. The summed E-state index contributed by atoms with van der Waals surface area (Å²) in [6.45, 7) is 1.26. The minimum Gasteiger partial charge on any atom is -0.481 e. The third kappa shape index (κ3) is 3.96. The summed E-state index contributed by atoms with van der Waals surface area (Å²) in [5.41, 5.74) is 0.511. The maximum atomic E-state index is 11.6. The van der Waals surface area contributed by atoms with Crippen LogP contribution < -0.4 is 4.90 Å². The van der Waals surface area contributed by atoms with Crippen LogP contribution in [0, 0.1) is 0 Å². The van der Waals surface area contributed by atoms with E-state index in [4.69, 9.17) is 16.7 Å². The smallest absolute Gasteiger partial charge is 0.337 e. The number of methoxy groups -OCH3 is 1. The Kier molecular flexibility index (Phi) is 5.52. The van der Waals surface area contributed by atoms with Gasteiger partial charge >= 0.3 is 11.9 Å². The molecule has 0 fully saturated rings. The van der Waals surface area contributed by atoms with Crippen molar-refractivity contribution >= 4 is 35.1 Å². The van der Waals surface area contributed by atoms with E-state index in [0.717, 1.165) is 0 Å². The Morgan fingerprint density at radius 2 is 2.00 bits per heavy atom. The van der Waals surface area contributed by atoms with Crippen LogP contribution in [0.4, 0.5) is 5.69 Å². The first kappa shape index (κ1) is 16.0. The lowest BCUT2D eigenvalue weighted by atomic mass is 10.1. The van der Waals surface area contributed by atoms with E-state index >= 15 is 0 Å². The summed E-state index contributed by atoms with van der Waals surface area (Å²) in [5.74, 6) is -1.96. The lowest BCUT2D eigenvalue weighted by Crippen LogP contribution is -2.31. The van der Waals surface area contributed by atoms with Crippen LogP contribution in [-0.4, -0.2) is 36.6 Å². The van der Waals surface area contributed by atoms with E-state index < -0.39 is 11.9 Å². The van der Waals surface area contributed by atoms with Crippen molar-refractivity contribution < 1.29 is 24.2 Å². The van der Waals surface area contributed by atoms with E-state index in [1.165, 1.54) is 37.1 Å². The normalized spacial score (nSPS) is 9.95. The average molecular weight is 300 g/mol. The number of carboxylic acid groups (broad SMARTS) is 1. The monoisotopic (exact) mass is 299 g/mol. The van der Waals surface area contributed by atoms with Crippen molar-refractivity contribution in [1.82, 2.24) is 0 Å². The Morgan fingerprint density at radius 3 is 2.50 bits per heavy atom. The maximum Gasteiger partial charge on any atom is 0.337 e. The molecule has 0 aromatic heterocycles. The molecule has 0 unspecified atom stereocenters. The molecule has 0 aliphatic heterocycles. The van der Waals surface area contributed by atoms with E-state index in [-0.39, 0.29) is 35.1 Å². The summed E-state index contributed by atoms with van der Waals surface area (Å²) >= 11 is 6.00. The number of ether oxygens (including phenoxy) is 1. The fraction of sp³-hybridized carbons (Fsp3) is 0.308. The van der Waals surface area contributed by atoms with E-state index in [1.54, 1.807) is 0 Å². The van der Waals surface area contributed by atoms with E-state index in [0.29, 0.717) is 0 Å². The maximum absolute atomic E-state index is 11.6. The molecule has 7 heteroatoms. The van der Waals surface area contributed by atoms with Gasteiger partial charge in [-0.05, 0) is 18.2 Å². The highest BCUT2D eigenvalue weighted by molar-refractivity contribution is 6.34. The van der Waals surface area contributed by atoms with Gasteiger partial charge in [0.15, 0.2) is 0 Å². The van der Waals surface area contributed by atoms with E-state index in [1.807, 2.05) is 0 Å². The first-order valence-corrected chi connectivity index (χ1v) is 6.12. The van der Waals surface area contributed by atoms with Gasteiger partial charge in [-0.2, -0.15) is 0 Å². The van der Waals surface area contributed by atoms with Crippen LogP contribution in [0.25, 0.3) is 0 Å². The zero-order valence-corrected chi connectivity index (χ0v) is 11.8. The van der Waals surface area contributed by atoms with Gasteiger partial charge < -0.3 is 14.7 Å². The zero-order valence-electron chi connectivity index (χ0n) is 11.1. The quantitative estimate of drug-likeness (QED) is 0.840. The molecule has 0 atom stereocenters. The van der Waals surface area contributed by atoms with Gasteiger partial charge in [0, 0.05) is 13.5 Å². The molecule has 108 valence electrons. The van der Waals surface area contributed by atoms with Gasteiger partial charge in [-0.15, -0.1) is 0 Å². The summed E-state index contributed by atoms with van der Waals surface area (Å²) in [6, 6.07) is 4.32. The summed E-state index contributed by atoms with van der Waals surface area (Å²) in [7, 11) is 1.24. The highest BCUT2D eigenvalue weighted by Crippen LogP contribution is 2.27. The fourth-order valence-corrected chi connectivity index (χ4v) is 1.84. The van der Waals surface area contributed by atoms with Crippen molar-refractivity contribution in [2.45, 2.75) is 13.3 Å². The predicted molar refractivity (Wildman–Crippen MR) is 73.1 cm³/mol. The fourth-order valence-electron chi connectivity index (χ4n) is 1.62. The first-order valence-electron chi connectivity index (χ1n) is 5.74. The molecular weight excluding hydrogens is 286 g/mol. The van der Waals surface area contributed by atoms with Gasteiger partial charge in [0.05, 0.1) is 29.8 Å². The second kappa shape index (κ2) is 6.91. The van der Waals surface area contributed by atoms with Crippen molar-refractivity contribution in [1.29, 1.82) is 0 Å². The Morgan fingerprint density at radius 1 is 1.35 bits per heavy atom. The molecule has 1 amide bonds. The number of carboxylic acids is 1. The number of halogens is 1. The largest absolute Gasteiger partial charge is 0.481 e. The van der Waals surface area contributed by atoms with Crippen LogP contribution in [0.3, 0.4) is 0 Å². The summed E-state index contributed by atoms with van der Waals surface area (Å²) < 4.78 is 4.59. The van der Waals surface area contributed by atoms with Crippen LogP contribution in [0.15, 0.2) is 18.2 Å². The van der Waals surface area contributed by atoms with Crippen molar-refractivity contribution in [2.75, 3.05) is 18.6 Å². The van der Waals surface area contributed by atoms with Gasteiger partial charge in [-0.3, -0.25) is 9.59 Å². The topological polar surface area (TPSA) is 83.9 Å². The number of benzene rings is 1. The number of hydrogen-bond donors (Lipinski definition) is 1. The molecule has 0 heterocycles. The summed E-state index contributed by atoms with van der Waals surface area (Å²) in [4.78, 5) is 34.9. The molecule has 1 N–H and O–H groups in total. The van der Waals surface area contributed by atoms with Crippen LogP contribution in [0.2, 0.25) is 5.02 Å². The van der Waals surface area contributed by atoms with Crippen molar-refractivity contribution in [2.24, 2.45) is 0 Å². The molecule has 0 saturated heterocycles. The predicted octanol–water partition coefficient (Wildman–Crippen LogP) is 1.95. The average Bonchev–Trinajstić information content (AvgIpc) is 2.39. The molecule has 6 nitrogen and oxygen atoms in total. The number of hydrogen-bond acceptors (Lipinski definition) is 4. The molecular formula is C13H14ClNO5. The second-order valence-electron chi connectivity index (χ2n) is 3.97. The number of anilines is 1. The molecule has 0 aliphatic carbocycles. The molecule has 0 radical (unpaired) electrons. The number of amides is 1. The Labute approximate surface area is 120 Å². The Balaban J connectivity index is 3.14. The molecule has 20 heavy (non-hydrogen) atoms. The molecule has 1 aromatic carbocycles. The molecule has 1 aromatic rings. The number of carbonyl (C=O) groups is 3. The Bertz CT molecular complexity index is 544. The van der Waals surface area contributed by atoms with E-state index in [2.05, 4.69) is 4.74 Å². The highest BCUT2D eigenvalue weighted by atomic mass is 35.5. The Hall–Kier alpha value is -2.08. The lowest BCUT2D eigenvalue weighted by molar-refractivity contribution is -0.136. The van der Waals surface area contributed by atoms with Crippen molar-refractivity contribution in [3.8, 4) is 0 Å². The first-order chi connectivity index (χ1) is 9.36. The molecule has 0 spiro atoms. The zero-order chi connectivity index (χ0) is 15.3. The second-order valence-corrected chi connectivity index (χ2v) is 4.38. The molecule has 0 saturated carbocycles. The van der Waals surface area contributed by atoms with Gasteiger partial charge in [-0.1, -0.05) is 11.6 Å². The van der Waals surface area contributed by atoms with Gasteiger partial charge in [0.1, 0.15) is 0 Å². The van der Waals surface area contributed by atoms with Crippen LogP contribution in [-0.2, 0) is 14.3 Å². The van der Waals surface area contributed by atoms with Crippen molar-refractivity contribution in [3.63, 3.8) is 0 Å². The number of nitrogens with zero attached hydrogens (tertiary/aromatic N) is 1. The van der Waals surface area contributed by atoms with Gasteiger partial charge in [0.25, 0.3) is 0 Å². The number of rotatable bonds is 5. The van der Waals surface area contributed by atoms with E-state index in [9.17, 15) is 14.4 Å². The summed E-state index contributed by atoms with van der Waals surface area (Å²) in [5, 5.41) is 8.94. The van der Waals surface area contributed by atoms with Gasteiger partial charge in [0.2, 0.25) is 5.91 Å². The minimum absolute atomic E-state index is 0.0327. The van der Waals surface area contributed by atoms with Crippen LogP contribution >= 0.6 is 11.6 Å². The molecule has 0 bridgehead atoms. The van der Waals surface area contributed by atoms with Crippen LogP contribution in [0.5, 0.6) is 0 Å². The third-order valence-electron chi connectivity index (χ3n) is 2.59. The van der Waals surface area contributed by atoms with Gasteiger partial charge in [-0.25, -0.2) is 4.79 Å². The summed E-state index contributed by atoms with van der Waals surface area (Å²) in [6.07, 6.45) is -0.224.